The number of aromatic nitrogens is 1. The molecule has 1 aromatic heterocycles. The van der Waals surface area contributed by atoms with Crippen LogP contribution in [-0.2, 0) is 70.2 Å². The summed E-state index contributed by atoms with van der Waals surface area (Å²) >= 11 is 0. The number of methoxy groups -OCH3 is 2. The Morgan fingerprint density at radius 3 is 2.20 bits per heavy atom. The largest absolute Gasteiger partial charge is 0.493 e. The highest BCUT2D eigenvalue weighted by Gasteiger charge is 2.43. The number of ether oxygens (including phenoxy) is 6. The summed E-state index contributed by atoms with van der Waals surface area (Å²) < 4.78 is 35.0. The molecule has 2 aliphatic heterocycles. The molecule has 88 heavy (non-hydrogen) atoms. The van der Waals surface area contributed by atoms with Crippen molar-refractivity contribution in [3.8, 4) is 17.2 Å². The summed E-state index contributed by atoms with van der Waals surface area (Å²) in [6.07, 6.45) is 7.95. The molecule has 2 N–H and O–H groups in total. The van der Waals surface area contributed by atoms with Gasteiger partial charge in [-0.25, -0.2) is 9.59 Å². The number of nitrogens with zero attached hydrogens (tertiary/aromatic N) is 5. The minimum Gasteiger partial charge on any atom is -0.493 e. The number of esters is 2. The van der Waals surface area contributed by atoms with E-state index in [1.807, 2.05) is 55.5 Å². The Kier molecular flexibility index (Phi) is 25.0. The molecule has 2 aliphatic rings. The number of Topliss-reactive ketones (excluding diaryl/α,β-unsaturated/α-hetero) is 1. The first-order chi connectivity index (χ1) is 41.8. The maximum atomic E-state index is 15.1. The molecule has 5 atom stereocenters. The summed E-state index contributed by atoms with van der Waals surface area (Å²) in [6.45, 7) is 8.71. The number of fused-ring (bicyclic) bond motifs is 4. The van der Waals surface area contributed by atoms with Crippen molar-refractivity contribution in [2.24, 2.45) is 5.41 Å². The van der Waals surface area contributed by atoms with Gasteiger partial charge in [-0.3, -0.25) is 38.5 Å². The van der Waals surface area contributed by atoms with Crippen molar-refractivity contribution in [2.45, 2.75) is 142 Å². The molecule has 0 saturated carbocycles. The Balaban J connectivity index is 1.35. The van der Waals surface area contributed by atoms with Gasteiger partial charge in [0.05, 0.1) is 44.6 Å². The fraction of sp³-hybridized carbons (Fsp3) is 0.515. The highest BCUT2D eigenvalue weighted by molar-refractivity contribution is 6.38. The zero-order chi connectivity index (χ0) is 64.3. The smallest absolute Gasteiger partial charge is 0.330 e. The van der Waals surface area contributed by atoms with Crippen LogP contribution in [0.5, 0.6) is 17.2 Å². The Bertz CT molecular complexity index is 3160. The number of aryl methyl sites for hydroxylation is 1. The molecule has 6 rings (SSSR count). The average Bonchev–Trinajstić information content (AvgIpc) is 1.42. The standard InChI is InChI=1S/C66H87N7O15/c1-12-13-22-50-61(79)69-49(34-44-25-28-45-20-14-15-21-46(45)33-44)62(80)72(9)52(40-87-65(2,3)4)60(78)68-39-56(74)70(7)31-18-17-24-58(76)86-42-66(5,6)59(77)63(81)73-32-19-16-23-51(73)64(82)88-53(29-26-43-27-30-54(83-10)55(35-43)84-11)47-36-48(38-67-37-47)85-41-57(75)71(50)8/h14-15,17,20-21,24-25,27-28,30,33,35-38,49-53H,12-13,16,18-19,22-23,26,29,31-32,34,39-42H2,1-11H3,(H,68,78)(H,69,79)/t49-,50-,51-,52-,53+/m0/s1. The van der Waals surface area contributed by atoms with Crippen LogP contribution in [0.4, 0.5) is 0 Å². The van der Waals surface area contributed by atoms with E-state index in [0.717, 1.165) is 22.4 Å². The number of benzene rings is 3. The predicted molar refractivity (Wildman–Crippen MR) is 328 cm³/mol. The summed E-state index contributed by atoms with van der Waals surface area (Å²) in [4.78, 5) is 137. The summed E-state index contributed by atoms with van der Waals surface area (Å²) in [6, 6.07) is 15.6. The van der Waals surface area contributed by atoms with Crippen molar-refractivity contribution < 1.29 is 71.6 Å². The Hall–Kier alpha value is -8.40. The number of cyclic esters (lactones) is 2. The number of hydrogen-bond acceptors (Lipinski definition) is 16. The number of carbonyl (C=O) groups is 9. The minimum atomic E-state index is -1.51. The first kappa shape index (κ1) is 68.7. The van der Waals surface area contributed by atoms with Crippen molar-refractivity contribution in [3.63, 3.8) is 0 Å². The Morgan fingerprint density at radius 1 is 0.761 bits per heavy atom. The zero-order valence-electron chi connectivity index (χ0n) is 52.7. The second-order valence-corrected chi connectivity index (χ2v) is 23.9. The van der Waals surface area contributed by atoms with Crippen LogP contribution in [0.25, 0.3) is 10.8 Å². The van der Waals surface area contributed by atoms with Gasteiger partial charge in [0.2, 0.25) is 29.4 Å². The molecule has 1 fully saturated rings. The Morgan fingerprint density at radius 2 is 1.49 bits per heavy atom. The molecule has 0 unspecified atom stereocenters. The molecule has 22 nitrogen and oxygen atoms in total. The van der Waals surface area contributed by atoms with Crippen molar-refractivity contribution in [1.82, 2.24) is 35.2 Å². The van der Waals surface area contributed by atoms with Gasteiger partial charge in [0.15, 0.2) is 18.1 Å². The number of carbonyl (C=O) groups excluding carboxylic acids is 9. The molecule has 3 heterocycles. The molecule has 22 heteroatoms. The minimum absolute atomic E-state index is 0.00638. The molecule has 0 spiro atoms. The lowest BCUT2D eigenvalue weighted by atomic mass is 9.87. The van der Waals surface area contributed by atoms with E-state index in [-0.39, 0.29) is 57.6 Å². The molecular weight excluding hydrogens is 1130 g/mol. The van der Waals surface area contributed by atoms with Gasteiger partial charge in [0, 0.05) is 58.5 Å². The molecule has 6 amide bonds. The molecule has 4 aromatic rings. The van der Waals surface area contributed by atoms with E-state index in [2.05, 4.69) is 15.6 Å². The summed E-state index contributed by atoms with van der Waals surface area (Å²) in [5.41, 5.74) is -0.353. The third kappa shape index (κ3) is 19.3. The number of rotatable bonds is 12. The van der Waals surface area contributed by atoms with Gasteiger partial charge in [-0.05, 0) is 120 Å². The Labute approximate surface area is 515 Å². The molecule has 2 bridgehead atoms. The second-order valence-electron chi connectivity index (χ2n) is 23.9. The van der Waals surface area contributed by atoms with E-state index in [1.54, 1.807) is 39.0 Å². The van der Waals surface area contributed by atoms with Crippen molar-refractivity contribution in [2.75, 3.05) is 74.8 Å². The van der Waals surface area contributed by atoms with Gasteiger partial charge in [-0.2, -0.15) is 0 Å². The van der Waals surface area contributed by atoms with Crippen LogP contribution in [0.15, 0.2) is 91.3 Å². The van der Waals surface area contributed by atoms with Gasteiger partial charge in [-0.1, -0.05) is 74.4 Å². The summed E-state index contributed by atoms with van der Waals surface area (Å²) in [5, 5.41) is 7.48. The lowest BCUT2D eigenvalue weighted by molar-refractivity contribution is -0.165. The summed E-state index contributed by atoms with van der Waals surface area (Å²) in [7, 11) is 7.47. The quantitative estimate of drug-likeness (QED) is 0.117. The molecule has 0 radical (unpaired) electrons. The van der Waals surface area contributed by atoms with Gasteiger partial charge < -0.3 is 58.7 Å². The van der Waals surface area contributed by atoms with E-state index in [4.69, 9.17) is 28.4 Å². The highest BCUT2D eigenvalue weighted by atomic mass is 16.5. The van der Waals surface area contributed by atoms with Crippen molar-refractivity contribution in [3.05, 3.63) is 108 Å². The van der Waals surface area contributed by atoms with Crippen LogP contribution in [0, 0.1) is 5.41 Å². The van der Waals surface area contributed by atoms with Crippen LogP contribution >= 0.6 is 0 Å². The van der Waals surface area contributed by atoms with Gasteiger partial charge in [-0.15, -0.1) is 0 Å². The van der Waals surface area contributed by atoms with Crippen LogP contribution in [0.2, 0.25) is 0 Å². The van der Waals surface area contributed by atoms with Crippen LogP contribution < -0.4 is 24.8 Å². The number of unbranched alkanes of at least 4 members (excludes halogenated alkanes) is 1. The third-order valence-corrected chi connectivity index (χ3v) is 15.7. The fourth-order valence-electron chi connectivity index (χ4n) is 10.2. The second kappa shape index (κ2) is 32.0. The fourth-order valence-corrected chi connectivity index (χ4v) is 10.2. The van der Waals surface area contributed by atoms with Crippen LogP contribution in [0.1, 0.15) is 116 Å². The maximum Gasteiger partial charge on any atom is 0.330 e. The van der Waals surface area contributed by atoms with Crippen molar-refractivity contribution >= 4 is 63.9 Å². The molecular formula is C66H87N7O15. The number of amides is 6. The number of nitrogens with one attached hydrogen (secondary N) is 2. The third-order valence-electron chi connectivity index (χ3n) is 15.7. The van der Waals surface area contributed by atoms with Gasteiger partial charge in [0.25, 0.3) is 11.8 Å². The van der Waals surface area contributed by atoms with Gasteiger partial charge in [0.1, 0.15) is 42.6 Å². The van der Waals surface area contributed by atoms with E-state index < -0.39 is 114 Å². The number of pyridine rings is 1. The normalized spacial score (nSPS) is 21.6. The SMILES string of the molecule is CCCC[C@H]1C(=O)N[C@@H](Cc2ccc3ccccc3c2)C(=O)N(C)[C@@H](COC(C)(C)C)C(=O)NCC(=O)N(C)CCC=CC(=O)OCC(C)(C)C(=O)C(=O)N2CCCC[C@H]2C(=O)O[C@H](CCc2ccc(OC)c(OC)c2)c2cncc(c2)OCC(=O)N1C. The number of piperidine rings is 1. The summed E-state index contributed by atoms with van der Waals surface area (Å²) in [5.74, 6) is -5.28. The van der Waals surface area contributed by atoms with E-state index in [9.17, 15) is 38.4 Å². The molecule has 0 aliphatic carbocycles. The molecule has 3 aromatic carbocycles. The highest BCUT2D eigenvalue weighted by Crippen LogP contribution is 2.33. The van der Waals surface area contributed by atoms with Crippen LogP contribution in [0.3, 0.4) is 0 Å². The predicted octanol–water partition coefficient (Wildman–Crippen LogP) is 6.29. The molecule has 1 saturated heterocycles. The lowest BCUT2D eigenvalue weighted by Gasteiger charge is -2.36. The zero-order valence-corrected chi connectivity index (χ0v) is 52.7. The topological polar surface area (TPSA) is 259 Å². The lowest BCUT2D eigenvalue weighted by Crippen LogP contribution is -2.59. The van der Waals surface area contributed by atoms with E-state index in [1.165, 1.54) is 87.3 Å². The van der Waals surface area contributed by atoms with Gasteiger partial charge >= 0.3 is 11.9 Å². The van der Waals surface area contributed by atoms with Crippen molar-refractivity contribution in [1.29, 1.82) is 0 Å². The molecule has 476 valence electrons. The van der Waals surface area contributed by atoms with E-state index in [0.29, 0.717) is 54.7 Å². The number of hydrogen-bond donors (Lipinski definition) is 2. The number of likely N-dealkylation sites (N-methyl/N-ethyl adjacent to an activating group) is 3. The number of ketones is 1. The first-order valence-electron chi connectivity index (χ1n) is 30.0. The maximum absolute atomic E-state index is 15.1. The first-order valence-corrected chi connectivity index (χ1v) is 30.0. The average molecular weight is 1220 g/mol. The van der Waals surface area contributed by atoms with Crippen LogP contribution in [-0.4, -0.2) is 182 Å². The van der Waals surface area contributed by atoms with E-state index >= 15 is 4.79 Å². The monoisotopic (exact) mass is 1220 g/mol.